The number of sulfonamides is 1. The van der Waals surface area contributed by atoms with E-state index in [1.807, 2.05) is 0 Å². The SMILES string of the molecule is CS(=O)(=O)Nc1ccccc1COC(N)=O. The molecule has 6 nitrogen and oxygen atoms in total. The molecule has 0 bridgehead atoms. The predicted molar refractivity (Wildman–Crippen MR) is 59.3 cm³/mol. The summed E-state index contributed by atoms with van der Waals surface area (Å²) in [6.07, 6.45) is 0.132. The summed E-state index contributed by atoms with van der Waals surface area (Å²) in [5.41, 5.74) is 5.72. The Bertz CT molecular complexity index is 484. The first-order chi connectivity index (χ1) is 7.38. The highest BCUT2D eigenvalue weighted by atomic mass is 32.2. The van der Waals surface area contributed by atoms with E-state index in [0.29, 0.717) is 11.3 Å². The summed E-state index contributed by atoms with van der Waals surface area (Å²) < 4.78 is 29.0. The fourth-order valence-electron chi connectivity index (χ4n) is 1.09. The second-order valence-corrected chi connectivity index (χ2v) is 4.89. The van der Waals surface area contributed by atoms with Crippen molar-refractivity contribution in [3.63, 3.8) is 0 Å². The lowest BCUT2D eigenvalue weighted by Crippen LogP contribution is -2.15. The van der Waals surface area contributed by atoms with Gasteiger partial charge in [0.05, 0.1) is 11.9 Å². The first-order valence-corrected chi connectivity index (χ1v) is 6.25. The van der Waals surface area contributed by atoms with Gasteiger partial charge >= 0.3 is 6.09 Å². The maximum atomic E-state index is 11.0. The molecule has 0 atom stereocenters. The van der Waals surface area contributed by atoms with Crippen molar-refractivity contribution < 1.29 is 17.9 Å². The van der Waals surface area contributed by atoms with E-state index >= 15 is 0 Å². The Morgan fingerprint density at radius 3 is 2.62 bits per heavy atom. The second-order valence-electron chi connectivity index (χ2n) is 3.14. The van der Waals surface area contributed by atoms with Gasteiger partial charge in [0.15, 0.2) is 0 Å². The van der Waals surface area contributed by atoms with Crippen LogP contribution >= 0.6 is 0 Å². The molecule has 0 saturated carbocycles. The van der Waals surface area contributed by atoms with Crippen LogP contribution < -0.4 is 10.5 Å². The topological polar surface area (TPSA) is 98.5 Å². The van der Waals surface area contributed by atoms with E-state index in [2.05, 4.69) is 9.46 Å². The molecule has 7 heteroatoms. The number of nitrogens with two attached hydrogens (primary N) is 1. The first kappa shape index (κ1) is 12.3. The summed E-state index contributed by atoms with van der Waals surface area (Å²) in [6, 6.07) is 6.58. The van der Waals surface area contributed by atoms with E-state index in [1.54, 1.807) is 24.3 Å². The van der Waals surface area contributed by atoms with Gasteiger partial charge in [-0.2, -0.15) is 0 Å². The van der Waals surface area contributed by atoms with Gasteiger partial charge in [0, 0.05) is 5.56 Å². The smallest absolute Gasteiger partial charge is 0.404 e. The zero-order valence-corrected chi connectivity index (χ0v) is 9.45. The van der Waals surface area contributed by atoms with Gasteiger partial charge in [-0.15, -0.1) is 0 Å². The number of rotatable bonds is 4. The quantitative estimate of drug-likeness (QED) is 0.812. The van der Waals surface area contributed by atoms with Gasteiger partial charge in [-0.3, -0.25) is 4.72 Å². The molecule has 0 spiro atoms. The monoisotopic (exact) mass is 244 g/mol. The molecule has 0 fully saturated rings. The molecule has 1 amide bonds. The Balaban J connectivity index is 2.87. The van der Waals surface area contributed by atoms with Crippen molar-refractivity contribution in [3.05, 3.63) is 29.8 Å². The van der Waals surface area contributed by atoms with Gasteiger partial charge in [-0.25, -0.2) is 13.2 Å². The molecule has 16 heavy (non-hydrogen) atoms. The highest BCUT2D eigenvalue weighted by molar-refractivity contribution is 7.92. The van der Waals surface area contributed by atoms with E-state index in [-0.39, 0.29) is 6.61 Å². The third-order valence-corrected chi connectivity index (χ3v) is 2.27. The van der Waals surface area contributed by atoms with Crippen molar-refractivity contribution >= 4 is 21.8 Å². The minimum absolute atomic E-state index is 0.0754. The molecule has 3 N–H and O–H groups in total. The molecule has 0 aliphatic heterocycles. The summed E-state index contributed by atoms with van der Waals surface area (Å²) in [5, 5.41) is 0. The minimum atomic E-state index is -3.36. The third kappa shape index (κ3) is 4.18. The summed E-state index contributed by atoms with van der Waals surface area (Å²) >= 11 is 0. The van der Waals surface area contributed by atoms with Gasteiger partial charge < -0.3 is 10.5 Å². The number of para-hydroxylation sites is 1. The van der Waals surface area contributed by atoms with Gasteiger partial charge in [0.2, 0.25) is 10.0 Å². The minimum Gasteiger partial charge on any atom is -0.445 e. The van der Waals surface area contributed by atoms with Crippen molar-refractivity contribution in [3.8, 4) is 0 Å². The highest BCUT2D eigenvalue weighted by Crippen LogP contribution is 2.16. The third-order valence-electron chi connectivity index (χ3n) is 1.68. The average Bonchev–Trinajstić information content (AvgIpc) is 2.14. The number of ether oxygens (including phenoxy) is 1. The predicted octanol–water partition coefficient (Wildman–Crippen LogP) is 0.653. The molecule has 0 aromatic heterocycles. The Hall–Kier alpha value is -1.76. The molecule has 0 aliphatic rings. The molecule has 0 aliphatic carbocycles. The lowest BCUT2D eigenvalue weighted by molar-refractivity contribution is 0.150. The largest absolute Gasteiger partial charge is 0.445 e. The first-order valence-electron chi connectivity index (χ1n) is 4.36. The summed E-state index contributed by atoms with van der Waals surface area (Å²) in [4.78, 5) is 10.4. The van der Waals surface area contributed by atoms with E-state index in [0.717, 1.165) is 6.26 Å². The van der Waals surface area contributed by atoms with Crippen LogP contribution in [0, 0.1) is 0 Å². The number of nitrogens with one attached hydrogen (secondary N) is 1. The van der Waals surface area contributed by atoms with Crippen LogP contribution in [-0.2, 0) is 21.4 Å². The molecule has 0 saturated heterocycles. The van der Waals surface area contributed by atoms with Gasteiger partial charge in [0.1, 0.15) is 6.61 Å². The van der Waals surface area contributed by atoms with Crippen LogP contribution in [-0.4, -0.2) is 20.8 Å². The van der Waals surface area contributed by atoms with Gasteiger partial charge in [-0.05, 0) is 6.07 Å². The fraction of sp³-hybridized carbons (Fsp3) is 0.222. The molecule has 88 valence electrons. The van der Waals surface area contributed by atoms with Crippen molar-refractivity contribution in [1.82, 2.24) is 0 Å². The van der Waals surface area contributed by atoms with E-state index in [1.165, 1.54) is 0 Å². The van der Waals surface area contributed by atoms with Crippen LogP contribution in [0.1, 0.15) is 5.56 Å². The molecular weight excluding hydrogens is 232 g/mol. The molecule has 0 unspecified atom stereocenters. The van der Waals surface area contributed by atoms with E-state index < -0.39 is 16.1 Å². The molecule has 1 rings (SSSR count). The zero-order chi connectivity index (χ0) is 12.2. The number of hydrogen-bond donors (Lipinski definition) is 2. The van der Waals surface area contributed by atoms with Gasteiger partial charge in [0.25, 0.3) is 0 Å². The molecule has 0 radical (unpaired) electrons. The lowest BCUT2D eigenvalue weighted by atomic mass is 10.2. The molecule has 1 aromatic carbocycles. The van der Waals surface area contributed by atoms with Crippen LogP contribution in [0.4, 0.5) is 10.5 Å². The summed E-state index contributed by atoms with van der Waals surface area (Å²) in [5.74, 6) is 0. The second kappa shape index (κ2) is 4.84. The number of hydrogen-bond acceptors (Lipinski definition) is 4. The van der Waals surface area contributed by atoms with Crippen molar-refractivity contribution in [2.45, 2.75) is 6.61 Å². The van der Waals surface area contributed by atoms with Crippen LogP contribution in [0.25, 0.3) is 0 Å². The normalized spacial score (nSPS) is 10.8. The average molecular weight is 244 g/mol. The maximum Gasteiger partial charge on any atom is 0.404 e. The fourth-order valence-corrected chi connectivity index (χ4v) is 1.69. The number of amides is 1. The highest BCUT2D eigenvalue weighted by Gasteiger charge is 2.07. The van der Waals surface area contributed by atoms with E-state index in [4.69, 9.17) is 5.73 Å². The van der Waals surface area contributed by atoms with Crippen molar-refractivity contribution in [2.75, 3.05) is 11.0 Å². The number of carbonyl (C=O) groups excluding carboxylic acids is 1. The van der Waals surface area contributed by atoms with Gasteiger partial charge in [-0.1, -0.05) is 18.2 Å². The van der Waals surface area contributed by atoms with Crippen LogP contribution in [0.5, 0.6) is 0 Å². The number of anilines is 1. The molecule has 0 heterocycles. The van der Waals surface area contributed by atoms with Crippen molar-refractivity contribution in [1.29, 1.82) is 0 Å². The Morgan fingerprint density at radius 2 is 2.06 bits per heavy atom. The lowest BCUT2D eigenvalue weighted by Gasteiger charge is -2.09. The van der Waals surface area contributed by atoms with Crippen molar-refractivity contribution in [2.24, 2.45) is 5.73 Å². The molecular formula is C9H12N2O4S. The zero-order valence-electron chi connectivity index (χ0n) is 8.64. The summed E-state index contributed by atoms with van der Waals surface area (Å²) in [7, 11) is -3.36. The standard InChI is InChI=1S/C9H12N2O4S/c1-16(13,14)11-8-5-3-2-4-7(8)6-15-9(10)12/h2-5,11H,6H2,1H3,(H2,10,12). The van der Waals surface area contributed by atoms with E-state index in [9.17, 15) is 13.2 Å². The number of primary amides is 1. The van der Waals surface area contributed by atoms with Crippen LogP contribution in [0.2, 0.25) is 0 Å². The maximum absolute atomic E-state index is 11.0. The Morgan fingerprint density at radius 1 is 1.44 bits per heavy atom. The number of benzene rings is 1. The number of carbonyl (C=O) groups is 1. The van der Waals surface area contributed by atoms with Crippen LogP contribution in [0.15, 0.2) is 24.3 Å². The molecule has 1 aromatic rings. The Labute approximate surface area is 93.5 Å². The summed E-state index contributed by atoms with van der Waals surface area (Å²) in [6.45, 7) is -0.0754. The Kier molecular flexibility index (Phi) is 3.73. The van der Waals surface area contributed by atoms with Crippen LogP contribution in [0.3, 0.4) is 0 Å².